The summed E-state index contributed by atoms with van der Waals surface area (Å²) < 4.78 is 30.6. The van der Waals surface area contributed by atoms with Gasteiger partial charge in [-0.2, -0.15) is 0 Å². The highest BCUT2D eigenvalue weighted by atomic mass is 35.5. The molecule has 0 unspecified atom stereocenters. The van der Waals surface area contributed by atoms with Crippen LogP contribution < -0.4 is 4.72 Å². The van der Waals surface area contributed by atoms with E-state index in [0.29, 0.717) is 0 Å². The van der Waals surface area contributed by atoms with Crippen LogP contribution in [-0.2, 0) is 14.8 Å². The van der Waals surface area contributed by atoms with Crippen LogP contribution in [0, 0.1) is 0 Å². The molecule has 0 aromatic carbocycles. The van der Waals surface area contributed by atoms with Gasteiger partial charge in [0.1, 0.15) is 0 Å². The van der Waals surface area contributed by atoms with Crippen LogP contribution in [0.2, 0.25) is 5.15 Å². The molecular formula is C9H14ClN3O3S. The second-order valence-corrected chi connectivity index (χ2v) is 5.81. The monoisotopic (exact) mass is 279 g/mol. The van der Waals surface area contributed by atoms with E-state index in [2.05, 4.69) is 14.9 Å². The predicted octanol–water partition coefficient (Wildman–Crippen LogP) is 1.30. The van der Waals surface area contributed by atoms with Crippen LogP contribution in [0.1, 0.15) is 13.8 Å². The van der Waals surface area contributed by atoms with Gasteiger partial charge < -0.3 is 4.74 Å². The van der Waals surface area contributed by atoms with Gasteiger partial charge in [-0.15, -0.1) is 10.2 Å². The summed E-state index contributed by atoms with van der Waals surface area (Å²) in [5.74, 6) is 0.00844. The molecule has 0 fully saturated rings. The van der Waals surface area contributed by atoms with Crippen molar-refractivity contribution >= 4 is 27.4 Å². The van der Waals surface area contributed by atoms with Gasteiger partial charge in [0, 0.05) is 0 Å². The fourth-order valence-electron chi connectivity index (χ4n) is 0.974. The topological polar surface area (TPSA) is 81.2 Å². The Labute approximate surface area is 105 Å². The molecule has 1 aromatic heterocycles. The fourth-order valence-corrected chi connectivity index (χ4v) is 1.92. The summed E-state index contributed by atoms with van der Waals surface area (Å²) in [4.78, 5) is 0. The molecule has 0 amide bonds. The number of nitrogens with one attached hydrogen (secondary N) is 1. The van der Waals surface area contributed by atoms with E-state index in [4.69, 9.17) is 16.3 Å². The molecule has 0 aliphatic rings. The molecule has 17 heavy (non-hydrogen) atoms. The van der Waals surface area contributed by atoms with E-state index in [1.54, 1.807) is 0 Å². The van der Waals surface area contributed by atoms with E-state index in [1.807, 2.05) is 13.8 Å². The highest BCUT2D eigenvalue weighted by Gasteiger charge is 2.11. The first kappa shape index (κ1) is 14.1. The van der Waals surface area contributed by atoms with Gasteiger partial charge in [-0.25, -0.2) is 8.42 Å². The van der Waals surface area contributed by atoms with Crippen molar-refractivity contribution in [1.29, 1.82) is 0 Å². The van der Waals surface area contributed by atoms with E-state index in [0.717, 1.165) is 0 Å². The Morgan fingerprint density at radius 1 is 1.41 bits per heavy atom. The smallest absolute Gasteiger partial charge is 0.236 e. The number of halogens is 1. The standard InChI is InChI=1S/C9H14ClN3O3S/c1-7(2)16-5-6-17(14,15)13-9-4-3-8(10)11-12-9/h3-4,7H,5-6H2,1-2H3,(H,12,13). The number of hydrogen-bond donors (Lipinski definition) is 1. The first-order valence-corrected chi connectivity index (χ1v) is 7.03. The Morgan fingerprint density at radius 3 is 2.65 bits per heavy atom. The van der Waals surface area contributed by atoms with Crippen molar-refractivity contribution in [3.63, 3.8) is 0 Å². The SMILES string of the molecule is CC(C)OCCS(=O)(=O)Nc1ccc(Cl)nn1. The Bertz CT molecular complexity index is 447. The largest absolute Gasteiger partial charge is 0.378 e. The van der Waals surface area contributed by atoms with Crippen molar-refractivity contribution in [3.8, 4) is 0 Å². The van der Waals surface area contributed by atoms with Crippen molar-refractivity contribution in [2.45, 2.75) is 20.0 Å². The summed E-state index contributed by atoms with van der Waals surface area (Å²) in [6, 6.07) is 2.90. The summed E-state index contributed by atoms with van der Waals surface area (Å²) >= 11 is 5.53. The maximum Gasteiger partial charge on any atom is 0.236 e. The van der Waals surface area contributed by atoms with Crippen LogP contribution in [-0.4, -0.2) is 37.1 Å². The maximum absolute atomic E-state index is 11.6. The molecule has 1 rings (SSSR count). The molecule has 6 nitrogen and oxygen atoms in total. The maximum atomic E-state index is 11.6. The quantitative estimate of drug-likeness (QED) is 0.849. The molecule has 96 valence electrons. The van der Waals surface area contributed by atoms with E-state index < -0.39 is 10.0 Å². The molecule has 0 radical (unpaired) electrons. The van der Waals surface area contributed by atoms with Crippen molar-refractivity contribution in [2.24, 2.45) is 0 Å². The minimum Gasteiger partial charge on any atom is -0.378 e. The molecule has 0 saturated heterocycles. The van der Waals surface area contributed by atoms with Crippen LogP contribution in [0.3, 0.4) is 0 Å². The highest BCUT2D eigenvalue weighted by Crippen LogP contribution is 2.08. The minimum absolute atomic E-state index is 0.000485. The lowest BCUT2D eigenvalue weighted by Crippen LogP contribution is -2.22. The van der Waals surface area contributed by atoms with Gasteiger partial charge in [-0.05, 0) is 26.0 Å². The molecule has 8 heteroatoms. The third kappa shape index (κ3) is 5.81. The predicted molar refractivity (Wildman–Crippen MR) is 65.5 cm³/mol. The van der Waals surface area contributed by atoms with Crippen LogP contribution >= 0.6 is 11.6 Å². The minimum atomic E-state index is -3.46. The van der Waals surface area contributed by atoms with Gasteiger partial charge in [0.25, 0.3) is 0 Å². The normalized spacial score (nSPS) is 11.8. The lowest BCUT2D eigenvalue weighted by molar-refractivity contribution is 0.0913. The zero-order valence-electron chi connectivity index (χ0n) is 9.55. The first-order chi connectivity index (χ1) is 7.89. The zero-order chi connectivity index (χ0) is 12.9. The Kier molecular flexibility index (Phi) is 5.10. The van der Waals surface area contributed by atoms with Gasteiger partial charge in [0.05, 0.1) is 18.5 Å². The second-order valence-electron chi connectivity index (χ2n) is 3.58. The van der Waals surface area contributed by atoms with Crippen molar-refractivity contribution in [2.75, 3.05) is 17.1 Å². The summed E-state index contributed by atoms with van der Waals surface area (Å²) in [5.41, 5.74) is 0. The van der Waals surface area contributed by atoms with Crippen LogP contribution in [0.5, 0.6) is 0 Å². The van der Waals surface area contributed by atoms with Crippen molar-refractivity contribution in [1.82, 2.24) is 10.2 Å². The van der Waals surface area contributed by atoms with E-state index in [9.17, 15) is 8.42 Å². The van der Waals surface area contributed by atoms with E-state index in [-0.39, 0.29) is 29.4 Å². The average Bonchev–Trinajstić information content (AvgIpc) is 2.20. The third-order valence-electron chi connectivity index (χ3n) is 1.70. The molecule has 1 N–H and O–H groups in total. The number of nitrogens with zero attached hydrogens (tertiary/aromatic N) is 2. The van der Waals surface area contributed by atoms with Crippen molar-refractivity contribution in [3.05, 3.63) is 17.3 Å². The van der Waals surface area contributed by atoms with Gasteiger partial charge in [-0.1, -0.05) is 11.6 Å². The number of sulfonamides is 1. The zero-order valence-corrected chi connectivity index (χ0v) is 11.1. The number of anilines is 1. The van der Waals surface area contributed by atoms with Crippen LogP contribution in [0.4, 0.5) is 5.82 Å². The average molecular weight is 280 g/mol. The Balaban J connectivity index is 2.52. The number of rotatable bonds is 6. The van der Waals surface area contributed by atoms with Gasteiger partial charge in [-0.3, -0.25) is 4.72 Å². The lowest BCUT2D eigenvalue weighted by atomic mass is 10.5. The fraction of sp³-hybridized carbons (Fsp3) is 0.556. The molecule has 1 aromatic rings. The van der Waals surface area contributed by atoms with E-state index in [1.165, 1.54) is 12.1 Å². The third-order valence-corrected chi connectivity index (χ3v) is 3.12. The molecule has 1 heterocycles. The number of ether oxygens (including phenoxy) is 1. The molecule has 0 aliphatic carbocycles. The Hall–Kier alpha value is -0.920. The Morgan fingerprint density at radius 2 is 2.12 bits per heavy atom. The lowest BCUT2D eigenvalue weighted by Gasteiger charge is -2.09. The van der Waals surface area contributed by atoms with Crippen LogP contribution in [0.25, 0.3) is 0 Å². The van der Waals surface area contributed by atoms with Gasteiger partial charge in [0.15, 0.2) is 11.0 Å². The summed E-state index contributed by atoms with van der Waals surface area (Å²) in [6.45, 7) is 3.81. The van der Waals surface area contributed by atoms with Crippen LogP contribution in [0.15, 0.2) is 12.1 Å². The second kappa shape index (κ2) is 6.13. The molecule has 0 aliphatic heterocycles. The molecule has 0 atom stereocenters. The highest BCUT2D eigenvalue weighted by molar-refractivity contribution is 7.92. The molecule has 0 saturated carbocycles. The number of aromatic nitrogens is 2. The molecule has 0 spiro atoms. The summed E-state index contributed by atoms with van der Waals surface area (Å²) in [6.07, 6.45) is 0.000485. The summed E-state index contributed by atoms with van der Waals surface area (Å²) in [5, 5.41) is 7.33. The van der Waals surface area contributed by atoms with Gasteiger partial charge >= 0.3 is 0 Å². The van der Waals surface area contributed by atoms with E-state index >= 15 is 0 Å². The van der Waals surface area contributed by atoms with Crippen molar-refractivity contribution < 1.29 is 13.2 Å². The molecule has 0 bridgehead atoms. The first-order valence-electron chi connectivity index (χ1n) is 5.00. The number of hydrogen-bond acceptors (Lipinski definition) is 5. The molecular weight excluding hydrogens is 266 g/mol. The van der Waals surface area contributed by atoms with Gasteiger partial charge in [0.2, 0.25) is 10.0 Å². The summed E-state index contributed by atoms with van der Waals surface area (Å²) in [7, 11) is -3.46.